The molecule has 74 valence electrons. The molecule has 0 radical (unpaired) electrons. The molecule has 0 spiro atoms. The Balaban J connectivity index is 3.13. The first-order chi connectivity index (χ1) is 6.50. The second kappa shape index (κ2) is 4.15. The van der Waals surface area contributed by atoms with Crippen LogP contribution in [0.25, 0.3) is 6.08 Å². The Morgan fingerprint density at radius 2 is 2.21 bits per heavy atom. The normalized spacial score (nSPS) is 11.4. The van der Waals surface area contributed by atoms with Gasteiger partial charge in [0.1, 0.15) is 0 Å². The number of carboxylic acids is 1. The Hall–Kier alpha value is -1.48. The number of halogens is 1. The third kappa shape index (κ3) is 2.50. The van der Waals surface area contributed by atoms with Gasteiger partial charge in [-0.2, -0.15) is 0 Å². The van der Waals surface area contributed by atoms with Crippen molar-refractivity contribution in [3.8, 4) is 0 Å². The number of carbonyl (C=O) groups is 1. The number of rotatable bonds is 2. The van der Waals surface area contributed by atoms with Gasteiger partial charge >= 0.3 is 5.97 Å². The molecule has 1 aromatic carbocycles. The summed E-state index contributed by atoms with van der Waals surface area (Å²) < 4.78 is 0. The predicted molar refractivity (Wildman–Crippen MR) is 57.2 cm³/mol. The Labute approximate surface area is 86.8 Å². The molecule has 0 aromatic heterocycles. The highest BCUT2D eigenvalue weighted by Gasteiger charge is 2.02. The predicted octanol–water partition coefficient (Wildman–Crippen LogP) is 2.41. The van der Waals surface area contributed by atoms with E-state index in [1.807, 2.05) is 0 Å². The summed E-state index contributed by atoms with van der Waals surface area (Å²) in [5.41, 5.74) is 6.99. The second-order valence-corrected chi connectivity index (χ2v) is 3.34. The summed E-state index contributed by atoms with van der Waals surface area (Å²) in [7, 11) is 0. The fourth-order valence-corrected chi connectivity index (χ4v) is 1.15. The van der Waals surface area contributed by atoms with Crippen molar-refractivity contribution < 1.29 is 9.90 Å². The lowest BCUT2D eigenvalue weighted by Crippen LogP contribution is -1.97. The fourth-order valence-electron chi connectivity index (χ4n) is 0.966. The summed E-state index contributed by atoms with van der Waals surface area (Å²) in [5.74, 6) is -0.968. The Morgan fingerprint density at radius 1 is 1.57 bits per heavy atom. The van der Waals surface area contributed by atoms with Crippen LogP contribution in [0.4, 0.5) is 5.69 Å². The Kier molecular flexibility index (Phi) is 3.14. The van der Waals surface area contributed by atoms with E-state index >= 15 is 0 Å². The van der Waals surface area contributed by atoms with Crippen LogP contribution in [0.2, 0.25) is 5.02 Å². The van der Waals surface area contributed by atoms with Crippen LogP contribution in [0.3, 0.4) is 0 Å². The standard InChI is InChI=1S/C10H10ClNO2/c1-6(10(13)14)4-7-5-8(11)2-3-9(7)12/h2-5H,12H2,1H3,(H,13,14)/b6-4+. The van der Waals surface area contributed by atoms with E-state index in [1.165, 1.54) is 13.0 Å². The molecule has 0 atom stereocenters. The molecule has 0 saturated carbocycles. The van der Waals surface area contributed by atoms with Gasteiger partial charge in [0.25, 0.3) is 0 Å². The lowest BCUT2D eigenvalue weighted by molar-refractivity contribution is -0.132. The Bertz CT molecular complexity index is 399. The van der Waals surface area contributed by atoms with Gasteiger partial charge in [0, 0.05) is 16.3 Å². The van der Waals surface area contributed by atoms with Crippen molar-refractivity contribution in [2.75, 3.05) is 5.73 Å². The molecular formula is C10H10ClNO2. The molecule has 0 aliphatic heterocycles. The molecule has 0 amide bonds. The summed E-state index contributed by atoms with van der Waals surface area (Å²) in [6.45, 7) is 1.50. The number of carboxylic acid groups (broad SMARTS) is 1. The number of nitrogen functional groups attached to an aromatic ring is 1. The van der Waals surface area contributed by atoms with Gasteiger partial charge in [-0.1, -0.05) is 11.6 Å². The lowest BCUT2D eigenvalue weighted by Gasteiger charge is -2.01. The summed E-state index contributed by atoms with van der Waals surface area (Å²) >= 11 is 5.75. The zero-order chi connectivity index (χ0) is 10.7. The first-order valence-electron chi connectivity index (χ1n) is 3.97. The van der Waals surface area contributed by atoms with E-state index in [1.54, 1.807) is 18.2 Å². The topological polar surface area (TPSA) is 63.3 Å². The van der Waals surface area contributed by atoms with Crippen LogP contribution in [-0.4, -0.2) is 11.1 Å². The van der Waals surface area contributed by atoms with Crippen molar-refractivity contribution in [2.24, 2.45) is 0 Å². The maximum atomic E-state index is 10.6. The second-order valence-electron chi connectivity index (χ2n) is 2.91. The molecule has 0 heterocycles. The van der Waals surface area contributed by atoms with Gasteiger partial charge in [-0.3, -0.25) is 0 Å². The first kappa shape index (κ1) is 10.6. The molecule has 0 aliphatic carbocycles. The molecule has 14 heavy (non-hydrogen) atoms. The van der Waals surface area contributed by atoms with Crippen LogP contribution < -0.4 is 5.73 Å². The minimum Gasteiger partial charge on any atom is -0.478 e. The van der Waals surface area contributed by atoms with Crippen molar-refractivity contribution in [3.63, 3.8) is 0 Å². The van der Waals surface area contributed by atoms with Crippen LogP contribution in [0.5, 0.6) is 0 Å². The number of benzene rings is 1. The van der Waals surface area contributed by atoms with E-state index in [0.29, 0.717) is 16.3 Å². The zero-order valence-corrected chi connectivity index (χ0v) is 8.38. The van der Waals surface area contributed by atoms with E-state index in [2.05, 4.69) is 0 Å². The minimum atomic E-state index is -0.968. The molecule has 1 rings (SSSR count). The van der Waals surface area contributed by atoms with E-state index in [0.717, 1.165) is 0 Å². The minimum absolute atomic E-state index is 0.221. The highest BCUT2D eigenvalue weighted by molar-refractivity contribution is 6.30. The molecule has 3 nitrogen and oxygen atoms in total. The van der Waals surface area contributed by atoms with Crippen LogP contribution in [0, 0.1) is 0 Å². The number of anilines is 1. The summed E-state index contributed by atoms with van der Waals surface area (Å²) in [6.07, 6.45) is 1.49. The van der Waals surface area contributed by atoms with Gasteiger partial charge in [-0.25, -0.2) is 4.79 Å². The van der Waals surface area contributed by atoms with Gasteiger partial charge in [-0.05, 0) is 36.8 Å². The molecule has 0 unspecified atom stereocenters. The zero-order valence-electron chi connectivity index (χ0n) is 7.62. The Morgan fingerprint density at radius 3 is 2.79 bits per heavy atom. The lowest BCUT2D eigenvalue weighted by atomic mass is 10.1. The number of nitrogens with two attached hydrogens (primary N) is 1. The highest BCUT2D eigenvalue weighted by Crippen LogP contribution is 2.20. The van der Waals surface area contributed by atoms with Crippen molar-refractivity contribution in [3.05, 3.63) is 34.4 Å². The number of aliphatic carboxylic acids is 1. The molecule has 3 N–H and O–H groups in total. The van der Waals surface area contributed by atoms with Gasteiger partial charge in [0.05, 0.1) is 0 Å². The van der Waals surface area contributed by atoms with Crippen LogP contribution in [0.1, 0.15) is 12.5 Å². The van der Waals surface area contributed by atoms with Crippen LogP contribution in [0.15, 0.2) is 23.8 Å². The molecule has 0 bridgehead atoms. The average molecular weight is 212 g/mol. The maximum Gasteiger partial charge on any atom is 0.331 e. The summed E-state index contributed by atoms with van der Waals surface area (Å²) in [5, 5.41) is 9.19. The average Bonchev–Trinajstić information content (AvgIpc) is 2.11. The molecule has 0 aliphatic rings. The molecule has 1 aromatic rings. The quantitative estimate of drug-likeness (QED) is 0.583. The molecule has 0 saturated heterocycles. The number of hydrogen-bond acceptors (Lipinski definition) is 2. The SMILES string of the molecule is C/C(=C\c1cc(Cl)ccc1N)C(=O)O. The first-order valence-corrected chi connectivity index (χ1v) is 4.35. The van der Waals surface area contributed by atoms with Gasteiger partial charge < -0.3 is 10.8 Å². The van der Waals surface area contributed by atoms with Crippen molar-refractivity contribution in [1.29, 1.82) is 0 Å². The fraction of sp³-hybridized carbons (Fsp3) is 0.100. The largest absolute Gasteiger partial charge is 0.478 e. The van der Waals surface area contributed by atoms with Gasteiger partial charge in [0.15, 0.2) is 0 Å². The molecular weight excluding hydrogens is 202 g/mol. The van der Waals surface area contributed by atoms with Crippen LogP contribution in [-0.2, 0) is 4.79 Å². The van der Waals surface area contributed by atoms with Crippen LogP contribution >= 0.6 is 11.6 Å². The van der Waals surface area contributed by atoms with E-state index in [9.17, 15) is 4.79 Å². The number of hydrogen-bond donors (Lipinski definition) is 2. The third-order valence-corrected chi connectivity index (χ3v) is 1.99. The third-order valence-electron chi connectivity index (χ3n) is 1.76. The monoisotopic (exact) mass is 211 g/mol. The van der Waals surface area contributed by atoms with E-state index in [4.69, 9.17) is 22.4 Å². The summed E-state index contributed by atoms with van der Waals surface area (Å²) in [6, 6.07) is 4.93. The van der Waals surface area contributed by atoms with E-state index < -0.39 is 5.97 Å². The van der Waals surface area contributed by atoms with Gasteiger partial charge in [0.2, 0.25) is 0 Å². The molecule has 0 fully saturated rings. The van der Waals surface area contributed by atoms with Crippen molar-refractivity contribution in [1.82, 2.24) is 0 Å². The van der Waals surface area contributed by atoms with Crippen molar-refractivity contribution >= 4 is 29.3 Å². The van der Waals surface area contributed by atoms with E-state index in [-0.39, 0.29) is 5.57 Å². The molecule has 4 heteroatoms. The maximum absolute atomic E-state index is 10.6. The summed E-state index contributed by atoms with van der Waals surface area (Å²) in [4.78, 5) is 10.6. The van der Waals surface area contributed by atoms with Gasteiger partial charge in [-0.15, -0.1) is 0 Å². The smallest absolute Gasteiger partial charge is 0.331 e. The highest BCUT2D eigenvalue weighted by atomic mass is 35.5. The van der Waals surface area contributed by atoms with Crippen molar-refractivity contribution in [2.45, 2.75) is 6.92 Å².